The standard InChI is InChI=1S/C26H24F3N5O3/c1-5-33-7-6-17(11-24(33)35)21-13-22-23(8-14(21)2)31-16(4)32-25(22)30-15(3)18-9-19(26(27,28)29)12-20(10-18)34(36)37/h6-13,15H,5H2,1-4H3,(H,30,31,32)/t15-/m1/s1. The number of hydrogen-bond acceptors (Lipinski definition) is 6. The summed E-state index contributed by atoms with van der Waals surface area (Å²) in [5, 5.41) is 15.0. The van der Waals surface area contributed by atoms with Crippen LogP contribution in [0.4, 0.5) is 24.7 Å². The van der Waals surface area contributed by atoms with E-state index in [2.05, 4.69) is 15.3 Å². The van der Waals surface area contributed by atoms with Crippen LogP contribution in [0.25, 0.3) is 22.0 Å². The molecule has 2 aromatic heterocycles. The molecule has 0 aliphatic carbocycles. The third-order valence-electron chi connectivity index (χ3n) is 6.13. The molecule has 4 rings (SSSR count). The molecule has 0 saturated carbocycles. The first kappa shape index (κ1) is 25.8. The molecule has 1 atom stereocenters. The maximum Gasteiger partial charge on any atom is 0.416 e. The molecule has 0 radical (unpaired) electrons. The van der Waals surface area contributed by atoms with Gasteiger partial charge in [-0.1, -0.05) is 0 Å². The number of nitro groups is 1. The molecule has 0 aliphatic heterocycles. The van der Waals surface area contributed by atoms with Gasteiger partial charge in [-0.15, -0.1) is 0 Å². The highest BCUT2D eigenvalue weighted by molar-refractivity contribution is 5.94. The Labute approximate surface area is 210 Å². The maximum atomic E-state index is 13.4. The van der Waals surface area contributed by atoms with Crippen molar-refractivity contribution in [1.82, 2.24) is 14.5 Å². The van der Waals surface area contributed by atoms with E-state index in [1.54, 1.807) is 30.7 Å². The summed E-state index contributed by atoms with van der Waals surface area (Å²) < 4.78 is 41.8. The zero-order chi connectivity index (χ0) is 27.1. The van der Waals surface area contributed by atoms with E-state index in [1.807, 2.05) is 32.0 Å². The minimum Gasteiger partial charge on any atom is -0.363 e. The summed E-state index contributed by atoms with van der Waals surface area (Å²) in [4.78, 5) is 31.8. The van der Waals surface area contributed by atoms with Crippen LogP contribution >= 0.6 is 0 Å². The van der Waals surface area contributed by atoms with E-state index in [1.165, 1.54) is 0 Å². The second-order valence-corrected chi connectivity index (χ2v) is 8.78. The number of hydrogen-bond donors (Lipinski definition) is 1. The lowest BCUT2D eigenvalue weighted by atomic mass is 9.98. The monoisotopic (exact) mass is 511 g/mol. The molecule has 0 saturated heterocycles. The molecule has 0 unspecified atom stereocenters. The van der Waals surface area contributed by atoms with Crippen LogP contribution in [-0.4, -0.2) is 19.5 Å². The highest BCUT2D eigenvalue weighted by Gasteiger charge is 2.33. The van der Waals surface area contributed by atoms with Gasteiger partial charge in [0.2, 0.25) is 0 Å². The Balaban J connectivity index is 1.81. The van der Waals surface area contributed by atoms with E-state index in [0.29, 0.717) is 40.7 Å². The Hall–Kier alpha value is -4.28. The van der Waals surface area contributed by atoms with Gasteiger partial charge in [0.05, 0.1) is 22.0 Å². The van der Waals surface area contributed by atoms with E-state index in [9.17, 15) is 28.1 Å². The molecular weight excluding hydrogens is 487 g/mol. The van der Waals surface area contributed by atoms with Gasteiger partial charge in [-0.05, 0) is 74.2 Å². The number of pyridine rings is 1. The van der Waals surface area contributed by atoms with Gasteiger partial charge < -0.3 is 9.88 Å². The number of alkyl halides is 3. The Morgan fingerprint density at radius 2 is 1.84 bits per heavy atom. The lowest BCUT2D eigenvalue weighted by molar-refractivity contribution is -0.385. The fraction of sp³-hybridized carbons (Fsp3) is 0.269. The lowest BCUT2D eigenvalue weighted by Gasteiger charge is -2.19. The first-order valence-electron chi connectivity index (χ1n) is 11.5. The number of non-ortho nitro benzene ring substituents is 1. The summed E-state index contributed by atoms with van der Waals surface area (Å²) >= 11 is 0. The number of benzene rings is 2. The third-order valence-corrected chi connectivity index (χ3v) is 6.13. The summed E-state index contributed by atoms with van der Waals surface area (Å²) in [5.41, 5.74) is 1.18. The molecule has 192 valence electrons. The van der Waals surface area contributed by atoms with Crippen molar-refractivity contribution in [3.63, 3.8) is 0 Å². The van der Waals surface area contributed by atoms with Crippen molar-refractivity contribution in [1.29, 1.82) is 0 Å². The van der Waals surface area contributed by atoms with Gasteiger partial charge in [-0.3, -0.25) is 14.9 Å². The molecule has 37 heavy (non-hydrogen) atoms. The second-order valence-electron chi connectivity index (χ2n) is 8.78. The Morgan fingerprint density at radius 3 is 2.46 bits per heavy atom. The molecule has 2 heterocycles. The van der Waals surface area contributed by atoms with Crippen molar-refractivity contribution in [2.24, 2.45) is 0 Å². The van der Waals surface area contributed by atoms with E-state index in [-0.39, 0.29) is 11.1 Å². The molecule has 1 N–H and O–H groups in total. The number of nitrogens with zero attached hydrogens (tertiary/aromatic N) is 4. The van der Waals surface area contributed by atoms with Gasteiger partial charge >= 0.3 is 6.18 Å². The molecule has 2 aromatic carbocycles. The van der Waals surface area contributed by atoms with Crippen molar-refractivity contribution in [2.45, 2.75) is 46.5 Å². The highest BCUT2D eigenvalue weighted by Crippen LogP contribution is 2.36. The zero-order valence-corrected chi connectivity index (χ0v) is 20.6. The quantitative estimate of drug-likeness (QED) is 0.244. The SMILES string of the molecule is CCn1ccc(-c2cc3c(N[C@H](C)c4cc([N+](=O)[O-])cc(C(F)(F)F)c4)nc(C)nc3cc2C)cc1=O. The number of nitro benzene ring substituents is 1. The highest BCUT2D eigenvalue weighted by atomic mass is 19.4. The minimum absolute atomic E-state index is 0.0847. The Kier molecular flexibility index (Phi) is 6.72. The van der Waals surface area contributed by atoms with Crippen molar-refractivity contribution in [2.75, 3.05) is 5.32 Å². The zero-order valence-electron chi connectivity index (χ0n) is 20.6. The average Bonchev–Trinajstić information content (AvgIpc) is 2.82. The number of aromatic nitrogens is 3. The van der Waals surface area contributed by atoms with Crippen LogP contribution in [-0.2, 0) is 12.7 Å². The van der Waals surface area contributed by atoms with Crippen LogP contribution in [0.15, 0.2) is 53.5 Å². The van der Waals surface area contributed by atoms with Gasteiger partial charge in [-0.25, -0.2) is 9.97 Å². The van der Waals surface area contributed by atoms with Gasteiger partial charge in [0.1, 0.15) is 11.6 Å². The number of anilines is 1. The van der Waals surface area contributed by atoms with Crippen molar-refractivity contribution < 1.29 is 18.1 Å². The molecule has 0 spiro atoms. The Bertz CT molecular complexity index is 1580. The van der Waals surface area contributed by atoms with E-state index < -0.39 is 28.4 Å². The normalized spacial score (nSPS) is 12.5. The van der Waals surface area contributed by atoms with Crippen LogP contribution in [0, 0.1) is 24.0 Å². The van der Waals surface area contributed by atoms with Gasteiger partial charge in [0.15, 0.2) is 0 Å². The third kappa shape index (κ3) is 5.30. The number of fused-ring (bicyclic) bond motifs is 1. The van der Waals surface area contributed by atoms with Crippen LogP contribution in [0.1, 0.15) is 42.4 Å². The van der Waals surface area contributed by atoms with Crippen LogP contribution < -0.4 is 10.9 Å². The van der Waals surface area contributed by atoms with Gasteiger partial charge in [0, 0.05) is 36.3 Å². The van der Waals surface area contributed by atoms with E-state index in [0.717, 1.165) is 23.3 Å². The van der Waals surface area contributed by atoms with E-state index in [4.69, 9.17) is 0 Å². The van der Waals surface area contributed by atoms with Crippen molar-refractivity contribution >= 4 is 22.4 Å². The smallest absolute Gasteiger partial charge is 0.363 e. The number of halogens is 3. The first-order chi connectivity index (χ1) is 17.4. The van der Waals surface area contributed by atoms with Gasteiger partial charge in [-0.2, -0.15) is 13.2 Å². The summed E-state index contributed by atoms with van der Waals surface area (Å²) in [6, 6.07) is 8.84. The van der Waals surface area contributed by atoms with Gasteiger partial charge in [0.25, 0.3) is 11.2 Å². The number of aryl methyl sites for hydroxylation is 3. The average molecular weight is 512 g/mol. The molecule has 4 aromatic rings. The molecule has 0 aliphatic rings. The Morgan fingerprint density at radius 1 is 1.11 bits per heavy atom. The summed E-state index contributed by atoms with van der Waals surface area (Å²) in [6.07, 6.45) is -3.02. The second kappa shape index (κ2) is 9.64. The molecule has 11 heteroatoms. The predicted molar refractivity (Wildman–Crippen MR) is 135 cm³/mol. The minimum atomic E-state index is -4.74. The number of rotatable bonds is 6. The summed E-state index contributed by atoms with van der Waals surface area (Å²) in [5.74, 6) is 0.799. The number of nitrogens with one attached hydrogen (secondary N) is 1. The summed E-state index contributed by atoms with van der Waals surface area (Å²) in [6.45, 7) is 7.61. The molecule has 0 bridgehead atoms. The largest absolute Gasteiger partial charge is 0.416 e. The first-order valence-corrected chi connectivity index (χ1v) is 11.5. The molecule has 0 amide bonds. The summed E-state index contributed by atoms with van der Waals surface area (Å²) in [7, 11) is 0. The van der Waals surface area contributed by atoms with Crippen LogP contribution in [0.3, 0.4) is 0 Å². The maximum absolute atomic E-state index is 13.4. The fourth-order valence-corrected chi connectivity index (χ4v) is 4.20. The molecule has 8 nitrogen and oxygen atoms in total. The lowest BCUT2D eigenvalue weighted by Crippen LogP contribution is -2.17. The van der Waals surface area contributed by atoms with Crippen LogP contribution in [0.5, 0.6) is 0 Å². The van der Waals surface area contributed by atoms with Crippen LogP contribution in [0.2, 0.25) is 0 Å². The predicted octanol–water partition coefficient (Wildman–Crippen LogP) is 6.20. The molecule has 0 fully saturated rings. The van der Waals surface area contributed by atoms with Crippen molar-refractivity contribution in [3.05, 3.63) is 91.6 Å². The fourth-order valence-electron chi connectivity index (χ4n) is 4.20. The van der Waals surface area contributed by atoms with Crippen molar-refractivity contribution in [3.8, 4) is 11.1 Å². The van der Waals surface area contributed by atoms with E-state index >= 15 is 0 Å². The topological polar surface area (TPSA) is 103 Å². The molecular formula is C26H24F3N5O3.